The highest BCUT2D eigenvalue weighted by atomic mass is 16.5. The van der Waals surface area contributed by atoms with Crippen LogP contribution in [0.5, 0.6) is 11.5 Å². The van der Waals surface area contributed by atoms with Gasteiger partial charge in [-0.3, -0.25) is 0 Å². The fourth-order valence-corrected chi connectivity index (χ4v) is 3.07. The Bertz CT molecular complexity index is 887. The quantitative estimate of drug-likeness (QED) is 0.530. The first-order valence-corrected chi connectivity index (χ1v) is 9.84. The molecule has 0 amide bonds. The number of aryl methyl sites for hydroxylation is 2. The molecule has 146 valence electrons. The van der Waals surface area contributed by atoms with Gasteiger partial charge < -0.3 is 14.8 Å². The molecule has 0 aliphatic heterocycles. The van der Waals surface area contributed by atoms with Gasteiger partial charge in [-0.2, -0.15) is 0 Å². The third kappa shape index (κ3) is 5.86. The van der Waals surface area contributed by atoms with Crippen molar-refractivity contribution in [2.24, 2.45) is 0 Å². The zero-order valence-corrected chi connectivity index (χ0v) is 17.0. The Hall–Kier alpha value is -2.78. The van der Waals surface area contributed by atoms with Crippen molar-refractivity contribution in [1.29, 1.82) is 0 Å². The predicted molar refractivity (Wildman–Crippen MR) is 115 cm³/mol. The van der Waals surface area contributed by atoms with Crippen molar-refractivity contribution < 1.29 is 9.47 Å². The maximum Gasteiger partial charge on any atom is 0.161 e. The number of rotatable bonds is 9. The maximum absolute atomic E-state index is 6.03. The summed E-state index contributed by atoms with van der Waals surface area (Å²) in [6, 6.07) is 23.1. The largest absolute Gasteiger partial charge is 0.490 e. The molecule has 0 bridgehead atoms. The van der Waals surface area contributed by atoms with Crippen LogP contribution in [0.3, 0.4) is 0 Å². The van der Waals surface area contributed by atoms with Crippen LogP contribution in [0.4, 0.5) is 0 Å². The molecule has 0 spiro atoms. The second-order valence-electron chi connectivity index (χ2n) is 7.08. The highest BCUT2D eigenvalue weighted by Crippen LogP contribution is 2.29. The zero-order valence-electron chi connectivity index (χ0n) is 17.0. The number of nitrogens with one attached hydrogen (secondary N) is 1. The smallest absolute Gasteiger partial charge is 0.161 e. The number of ether oxygens (including phenoxy) is 2. The minimum atomic E-state index is 0.534. The summed E-state index contributed by atoms with van der Waals surface area (Å²) in [6.45, 7) is 8.96. The van der Waals surface area contributed by atoms with Crippen LogP contribution in [-0.2, 0) is 19.7 Å². The Balaban J connectivity index is 1.60. The van der Waals surface area contributed by atoms with Gasteiger partial charge in [-0.15, -0.1) is 0 Å². The molecule has 0 radical (unpaired) electrons. The number of hydrogen-bond donors (Lipinski definition) is 1. The van der Waals surface area contributed by atoms with Crippen LogP contribution >= 0.6 is 0 Å². The van der Waals surface area contributed by atoms with Crippen molar-refractivity contribution in [3.8, 4) is 11.5 Å². The van der Waals surface area contributed by atoms with E-state index in [1.165, 1.54) is 22.3 Å². The lowest BCUT2D eigenvalue weighted by Crippen LogP contribution is -2.13. The van der Waals surface area contributed by atoms with Crippen LogP contribution in [0, 0.1) is 13.8 Å². The first-order valence-electron chi connectivity index (χ1n) is 9.84. The van der Waals surface area contributed by atoms with E-state index in [1.54, 1.807) is 0 Å². The van der Waals surface area contributed by atoms with Gasteiger partial charge in [0.2, 0.25) is 0 Å². The van der Waals surface area contributed by atoms with E-state index >= 15 is 0 Å². The SMILES string of the molecule is CCOc1cc(CNCc2ccc(C)cc2)ccc1OCc1cccc(C)c1. The van der Waals surface area contributed by atoms with Gasteiger partial charge in [-0.1, -0.05) is 65.7 Å². The van der Waals surface area contributed by atoms with Gasteiger partial charge in [-0.25, -0.2) is 0 Å². The van der Waals surface area contributed by atoms with E-state index in [0.29, 0.717) is 13.2 Å². The third-order valence-corrected chi connectivity index (χ3v) is 4.56. The lowest BCUT2D eigenvalue weighted by Gasteiger charge is -2.14. The molecule has 0 aromatic heterocycles. The highest BCUT2D eigenvalue weighted by molar-refractivity contribution is 5.43. The molecule has 1 N–H and O–H groups in total. The normalized spacial score (nSPS) is 10.7. The van der Waals surface area contributed by atoms with Crippen LogP contribution in [0.1, 0.15) is 34.7 Å². The Kier molecular flexibility index (Phi) is 7.10. The van der Waals surface area contributed by atoms with E-state index in [4.69, 9.17) is 9.47 Å². The molecule has 0 aliphatic carbocycles. The van der Waals surface area contributed by atoms with Crippen molar-refractivity contribution in [3.05, 3.63) is 94.5 Å². The van der Waals surface area contributed by atoms with Crippen LogP contribution in [0.25, 0.3) is 0 Å². The standard InChI is InChI=1S/C25H29NO2/c1-4-27-25-15-22(17-26-16-21-10-8-19(2)9-11-21)12-13-24(25)28-18-23-7-5-6-20(3)14-23/h5-15,26H,4,16-18H2,1-3H3. The van der Waals surface area contributed by atoms with E-state index in [-0.39, 0.29) is 0 Å². The van der Waals surface area contributed by atoms with Crippen LogP contribution in [0.15, 0.2) is 66.7 Å². The van der Waals surface area contributed by atoms with Gasteiger partial charge in [0.25, 0.3) is 0 Å². The first kappa shape index (κ1) is 20.0. The second-order valence-corrected chi connectivity index (χ2v) is 7.08. The molecule has 0 saturated heterocycles. The zero-order chi connectivity index (χ0) is 19.8. The Morgan fingerprint density at radius 1 is 0.679 bits per heavy atom. The van der Waals surface area contributed by atoms with E-state index in [2.05, 4.69) is 79.8 Å². The van der Waals surface area contributed by atoms with Crippen molar-refractivity contribution >= 4 is 0 Å². The second kappa shape index (κ2) is 9.95. The molecular weight excluding hydrogens is 346 g/mol. The molecule has 0 atom stereocenters. The third-order valence-electron chi connectivity index (χ3n) is 4.56. The van der Waals surface area contributed by atoms with Gasteiger partial charge in [-0.05, 0) is 49.6 Å². The van der Waals surface area contributed by atoms with Gasteiger partial charge in [0.1, 0.15) is 6.61 Å². The van der Waals surface area contributed by atoms with Gasteiger partial charge in [0.05, 0.1) is 6.61 Å². The monoisotopic (exact) mass is 375 g/mol. The van der Waals surface area contributed by atoms with Crippen molar-refractivity contribution in [2.45, 2.75) is 40.5 Å². The molecule has 0 heterocycles. The van der Waals surface area contributed by atoms with E-state index < -0.39 is 0 Å². The van der Waals surface area contributed by atoms with E-state index in [1.807, 2.05) is 13.0 Å². The molecule has 3 nitrogen and oxygen atoms in total. The van der Waals surface area contributed by atoms with Crippen molar-refractivity contribution in [3.63, 3.8) is 0 Å². The summed E-state index contributed by atoms with van der Waals surface area (Å²) in [5.74, 6) is 1.58. The Morgan fingerprint density at radius 3 is 2.18 bits per heavy atom. The molecule has 0 unspecified atom stereocenters. The predicted octanol–water partition coefficient (Wildman–Crippen LogP) is 5.57. The highest BCUT2D eigenvalue weighted by Gasteiger charge is 2.07. The molecule has 3 aromatic carbocycles. The topological polar surface area (TPSA) is 30.5 Å². The summed E-state index contributed by atoms with van der Waals surface area (Å²) in [4.78, 5) is 0. The summed E-state index contributed by atoms with van der Waals surface area (Å²) in [7, 11) is 0. The summed E-state index contributed by atoms with van der Waals surface area (Å²) >= 11 is 0. The lowest BCUT2D eigenvalue weighted by atomic mass is 10.1. The summed E-state index contributed by atoms with van der Waals surface area (Å²) < 4.78 is 11.8. The Morgan fingerprint density at radius 2 is 1.43 bits per heavy atom. The van der Waals surface area contributed by atoms with E-state index in [9.17, 15) is 0 Å². The average molecular weight is 376 g/mol. The fourth-order valence-electron chi connectivity index (χ4n) is 3.07. The van der Waals surface area contributed by atoms with Gasteiger partial charge >= 0.3 is 0 Å². The average Bonchev–Trinajstić information content (AvgIpc) is 2.69. The van der Waals surface area contributed by atoms with Crippen LogP contribution in [0.2, 0.25) is 0 Å². The summed E-state index contributed by atoms with van der Waals surface area (Å²) in [5.41, 5.74) is 6.14. The maximum atomic E-state index is 6.03. The van der Waals surface area contributed by atoms with E-state index in [0.717, 1.165) is 30.2 Å². The summed E-state index contributed by atoms with van der Waals surface area (Å²) in [5, 5.41) is 3.49. The first-order chi connectivity index (χ1) is 13.6. The molecule has 0 fully saturated rings. The summed E-state index contributed by atoms with van der Waals surface area (Å²) in [6.07, 6.45) is 0. The minimum Gasteiger partial charge on any atom is -0.490 e. The molecule has 28 heavy (non-hydrogen) atoms. The molecular formula is C25H29NO2. The van der Waals surface area contributed by atoms with Crippen LogP contribution in [-0.4, -0.2) is 6.61 Å². The lowest BCUT2D eigenvalue weighted by molar-refractivity contribution is 0.269. The number of hydrogen-bond acceptors (Lipinski definition) is 3. The molecule has 0 saturated carbocycles. The molecule has 3 aromatic rings. The van der Waals surface area contributed by atoms with Crippen molar-refractivity contribution in [1.82, 2.24) is 5.32 Å². The fraction of sp³-hybridized carbons (Fsp3) is 0.280. The Labute approximate surface area is 168 Å². The number of benzene rings is 3. The van der Waals surface area contributed by atoms with Crippen LogP contribution < -0.4 is 14.8 Å². The van der Waals surface area contributed by atoms with Gasteiger partial charge in [0.15, 0.2) is 11.5 Å². The molecule has 3 rings (SSSR count). The minimum absolute atomic E-state index is 0.534. The molecule has 3 heteroatoms. The molecule has 0 aliphatic rings. The van der Waals surface area contributed by atoms with Crippen molar-refractivity contribution in [2.75, 3.05) is 6.61 Å². The van der Waals surface area contributed by atoms with Gasteiger partial charge in [0, 0.05) is 13.1 Å².